The van der Waals surface area contributed by atoms with E-state index in [1.807, 2.05) is 19.6 Å². The Kier molecular flexibility index (Phi) is 16.4. The van der Waals surface area contributed by atoms with Crippen LogP contribution in [-0.2, 0) is 56.6 Å². The highest BCUT2D eigenvalue weighted by molar-refractivity contribution is 6.69. The summed E-state index contributed by atoms with van der Waals surface area (Å²) in [5.74, 6) is -5.04. The van der Waals surface area contributed by atoms with Gasteiger partial charge < -0.3 is 52.2 Å². The average molecular weight is 915 g/mol. The molecule has 2 saturated heterocycles. The zero-order valence-corrected chi connectivity index (χ0v) is 37.2. The Morgan fingerprint density at radius 2 is 0.862 bits per heavy atom. The van der Waals surface area contributed by atoms with Crippen molar-refractivity contribution in [1.82, 2.24) is 0 Å². The maximum Gasteiger partial charge on any atom is 0.338 e. The number of rotatable bonds is 16. The molecule has 0 bridgehead atoms. The molecule has 2 fully saturated rings. The number of aliphatic hydroxyl groups excluding tert-OH is 1. The molecule has 0 amide bonds. The number of hydrogen-bond acceptors (Lipinski definition) is 17. The molecule has 0 aromatic heterocycles. The van der Waals surface area contributed by atoms with Gasteiger partial charge in [-0.2, -0.15) is 0 Å². The van der Waals surface area contributed by atoms with Crippen molar-refractivity contribution in [2.45, 2.75) is 94.9 Å². The molecule has 0 radical (unpaired) electrons. The second-order valence-corrected chi connectivity index (χ2v) is 20.4. The van der Waals surface area contributed by atoms with Gasteiger partial charge >= 0.3 is 35.8 Å². The molecule has 10 atom stereocenters. The van der Waals surface area contributed by atoms with Crippen LogP contribution in [0.1, 0.15) is 55.3 Å². The summed E-state index contributed by atoms with van der Waals surface area (Å²) in [5.41, 5.74) is 0.517. The topological polar surface area (TPSA) is 215 Å². The molecule has 2 heterocycles. The van der Waals surface area contributed by atoms with Crippen LogP contribution in [0.15, 0.2) is 121 Å². The summed E-state index contributed by atoms with van der Waals surface area (Å²) >= 11 is 0. The Labute approximate surface area is 375 Å². The van der Waals surface area contributed by atoms with E-state index in [9.17, 15) is 33.9 Å². The zero-order chi connectivity index (χ0) is 46.7. The van der Waals surface area contributed by atoms with Crippen LogP contribution in [0.4, 0.5) is 0 Å². The van der Waals surface area contributed by atoms with Gasteiger partial charge in [0.15, 0.2) is 51.4 Å². The third-order valence-corrected chi connectivity index (χ3v) is 10.9. The van der Waals surface area contributed by atoms with E-state index in [0.29, 0.717) is 0 Å². The van der Waals surface area contributed by atoms with Gasteiger partial charge in [-0.3, -0.25) is 9.59 Å². The molecular weight excluding hydrogens is 865 g/mol. The van der Waals surface area contributed by atoms with Crippen LogP contribution < -0.4 is 0 Å². The summed E-state index contributed by atoms with van der Waals surface area (Å²) in [7, 11) is -2.67. The van der Waals surface area contributed by atoms with Crippen molar-refractivity contribution >= 4 is 44.1 Å². The third kappa shape index (κ3) is 13.2. The summed E-state index contributed by atoms with van der Waals surface area (Å²) < 4.78 is 60.1. The second-order valence-electron chi connectivity index (χ2n) is 16.0. The zero-order valence-electron chi connectivity index (χ0n) is 36.2. The van der Waals surface area contributed by atoms with Crippen molar-refractivity contribution in [2.24, 2.45) is 0 Å². The Morgan fingerprint density at radius 3 is 1.26 bits per heavy atom. The Balaban J connectivity index is 1.38. The van der Waals surface area contributed by atoms with Gasteiger partial charge in [0.25, 0.3) is 0 Å². The van der Waals surface area contributed by atoms with E-state index in [0.717, 1.165) is 13.8 Å². The van der Waals surface area contributed by atoms with Crippen molar-refractivity contribution < 1.29 is 80.9 Å². The monoisotopic (exact) mass is 914 g/mol. The molecule has 6 rings (SSSR count). The number of carbonyl (C=O) groups excluding carboxylic acids is 6. The van der Waals surface area contributed by atoms with E-state index in [4.69, 9.17) is 47.1 Å². The highest BCUT2D eigenvalue weighted by atomic mass is 28.4. The lowest BCUT2D eigenvalue weighted by molar-refractivity contribution is -0.323. The van der Waals surface area contributed by atoms with Gasteiger partial charge in [-0.1, -0.05) is 72.8 Å². The number of benzene rings is 4. The molecule has 0 spiro atoms. The minimum absolute atomic E-state index is 0.0849. The number of hydrogen-bond donors (Lipinski definition) is 1. The number of aliphatic hydroxyl groups is 1. The molecule has 4 aromatic rings. The van der Waals surface area contributed by atoms with Gasteiger partial charge in [-0.15, -0.1) is 0 Å². The van der Waals surface area contributed by atoms with E-state index in [1.165, 1.54) is 48.5 Å². The number of ether oxygens (including phenoxy) is 9. The first kappa shape index (κ1) is 48.2. The Morgan fingerprint density at radius 1 is 0.477 bits per heavy atom. The smallest absolute Gasteiger partial charge is 0.338 e. The fraction of sp³-hybridized carbons (Fsp3) is 0.362. The molecule has 17 nitrogen and oxygen atoms in total. The standard InChI is InChI=1S/C47H50O17Si/c1-28(48)55-26-35-36(60-42(50)30-18-10-6-11-19-30)38(57-29(2)49)41(63-45(53)33-24-16-9-17-25-33)47(59-35)56-27-34-37(61-43(51)31-20-12-7-13-21-31)39(64-65(3,4)5)40(46(54)58-34)62-44(52)32-22-14-8-15-23-32/h6-25,34-41,46-47,54H,26-27H2,1-5H3/t34-,35-,36-,37-,38+,39+,40+,41+,46+,47+/m1/s1. The molecule has 65 heavy (non-hydrogen) atoms. The second kappa shape index (κ2) is 22.1. The molecule has 2 aliphatic rings. The lowest BCUT2D eigenvalue weighted by Crippen LogP contribution is -2.65. The fourth-order valence-electron chi connectivity index (χ4n) is 7.03. The quantitative estimate of drug-likeness (QED) is 0.0883. The number of carbonyl (C=O) groups is 6. The first-order valence-corrected chi connectivity index (χ1v) is 24.1. The van der Waals surface area contributed by atoms with Crippen molar-refractivity contribution in [3.8, 4) is 0 Å². The van der Waals surface area contributed by atoms with Crippen LogP contribution in [-0.4, -0.2) is 124 Å². The predicted octanol–water partition coefficient (Wildman–Crippen LogP) is 5.06. The minimum atomic E-state index is -2.67. The normalized spacial score (nSPS) is 25.3. The van der Waals surface area contributed by atoms with Gasteiger partial charge in [-0.25, -0.2) is 19.2 Å². The summed E-state index contributed by atoms with van der Waals surface area (Å²) in [5, 5.41) is 11.6. The molecule has 344 valence electrons. The summed E-state index contributed by atoms with van der Waals surface area (Å²) in [6.07, 6.45) is -15.7. The molecule has 1 N–H and O–H groups in total. The largest absolute Gasteiger partial charge is 0.463 e. The van der Waals surface area contributed by atoms with Crippen LogP contribution in [0.2, 0.25) is 19.6 Å². The van der Waals surface area contributed by atoms with Crippen LogP contribution >= 0.6 is 0 Å². The molecule has 2 aliphatic heterocycles. The van der Waals surface area contributed by atoms with Gasteiger partial charge in [0.2, 0.25) is 0 Å². The van der Waals surface area contributed by atoms with Gasteiger partial charge in [0, 0.05) is 13.8 Å². The van der Waals surface area contributed by atoms with Crippen molar-refractivity contribution in [3.63, 3.8) is 0 Å². The Hall–Kier alpha value is -6.28. The maximum atomic E-state index is 13.8. The molecule has 0 aliphatic carbocycles. The van der Waals surface area contributed by atoms with E-state index >= 15 is 0 Å². The summed E-state index contributed by atoms with van der Waals surface area (Å²) in [6, 6.07) is 31.7. The van der Waals surface area contributed by atoms with E-state index < -0.39 is 119 Å². The van der Waals surface area contributed by atoms with Crippen molar-refractivity contribution in [3.05, 3.63) is 144 Å². The van der Waals surface area contributed by atoms with Gasteiger partial charge in [0.05, 0.1) is 28.9 Å². The van der Waals surface area contributed by atoms with E-state index in [1.54, 1.807) is 72.8 Å². The highest BCUT2D eigenvalue weighted by Crippen LogP contribution is 2.34. The lowest BCUT2D eigenvalue weighted by atomic mass is 9.97. The van der Waals surface area contributed by atoms with Crippen LogP contribution in [0.3, 0.4) is 0 Å². The fourth-order valence-corrected chi connectivity index (χ4v) is 8.12. The van der Waals surface area contributed by atoms with Crippen LogP contribution in [0, 0.1) is 0 Å². The van der Waals surface area contributed by atoms with Crippen LogP contribution in [0.25, 0.3) is 0 Å². The summed E-state index contributed by atoms with van der Waals surface area (Å²) in [6.45, 7) is 6.56. The molecular formula is C47H50O17Si. The third-order valence-electron chi connectivity index (χ3n) is 9.88. The molecule has 18 heteroatoms. The van der Waals surface area contributed by atoms with Gasteiger partial charge in [-0.05, 0) is 68.2 Å². The number of esters is 6. The Bertz CT molecular complexity index is 2240. The van der Waals surface area contributed by atoms with Crippen LogP contribution in [0.5, 0.6) is 0 Å². The molecule has 0 unspecified atom stereocenters. The van der Waals surface area contributed by atoms with Gasteiger partial charge in [0.1, 0.15) is 24.9 Å². The van der Waals surface area contributed by atoms with E-state index in [-0.39, 0.29) is 22.3 Å². The molecule has 0 saturated carbocycles. The highest BCUT2D eigenvalue weighted by Gasteiger charge is 2.56. The predicted molar refractivity (Wildman–Crippen MR) is 228 cm³/mol. The first-order valence-electron chi connectivity index (χ1n) is 20.7. The average Bonchev–Trinajstić information content (AvgIpc) is 3.29. The summed E-state index contributed by atoms with van der Waals surface area (Å²) in [4.78, 5) is 79.6. The van der Waals surface area contributed by atoms with Crippen molar-refractivity contribution in [1.29, 1.82) is 0 Å². The lowest BCUT2D eigenvalue weighted by Gasteiger charge is -2.47. The van der Waals surface area contributed by atoms with E-state index in [2.05, 4.69) is 0 Å². The SMILES string of the molecule is CC(=O)OC[C@H]1O[C@H](OC[C@H]2O[C@H](O)[C@@H](OC(=O)c3ccccc3)[C@@H](O[Si](C)(C)C)[C@@H]2OC(=O)c2ccccc2)[C@@H](OC(=O)c2ccccc2)[C@@H](OC(C)=O)[C@@H]1OC(=O)c1ccccc1. The molecule has 4 aromatic carbocycles. The maximum absolute atomic E-state index is 13.8. The van der Waals surface area contributed by atoms with Crippen molar-refractivity contribution in [2.75, 3.05) is 13.2 Å². The minimum Gasteiger partial charge on any atom is -0.463 e. The first-order chi connectivity index (χ1) is 31.1.